The van der Waals surface area contributed by atoms with Crippen LogP contribution in [-0.4, -0.2) is 14.2 Å². The molecule has 0 spiro atoms. The molecule has 0 aliphatic carbocycles. The summed E-state index contributed by atoms with van der Waals surface area (Å²) in [5.74, 6) is -0.602. The molecule has 0 aliphatic heterocycles. The van der Waals surface area contributed by atoms with E-state index >= 15 is 0 Å². The van der Waals surface area contributed by atoms with E-state index in [1.54, 1.807) is 6.07 Å². The van der Waals surface area contributed by atoms with Gasteiger partial charge in [0.2, 0.25) is 10.0 Å². The molecule has 1 aromatic carbocycles. The number of anilines is 1. The van der Waals surface area contributed by atoms with Crippen LogP contribution in [0.15, 0.2) is 18.2 Å². The first-order valence-electron chi connectivity index (χ1n) is 5.47. The van der Waals surface area contributed by atoms with Gasteiger partial charge in [0, 0.05) is 6.54 Å². The first-order valence-corrected chi connectivity index (χ1v) is 7.12. The second-order valence-electron chi connectivity index (χ2n) is 3.79. The summed E-state index contributed by atoms with van der Waals surface area (Å²) in [6, 6.07) is 4.22. The van der Waals surface area contributed by atoms with E-state index in [-0.39, 0.29) is 18.0 Å². The summed E-state index contributed by atoms with van der Waals surface area (Å²) < 4.78 is 38.9. The van der Waals surface area contributed by atoms with Crippen LogP contribution in [0.2, 0.25) is 0 Å². The minimum atomic E-state index is -3.46. The molecule has 0 saturated heterocycles. The van der Waals surface area contributed by atoms with Gasteiger partial charge in [0.05, 0.1) is 11.4 Å². The fourth-order valence-corrected chi connectivity index (χ4v) is 2.59. The Balaban J connectivity index is 2.81. The van der Waals surface area contributed by atoms with Crippen molar-refractivity contribution in [3.8, 4) is 0 Å². The highest BCUT2D eigenvalue weighted by atomic mass is 32.2. The summed E-state index contributed by atoms with van der Waals surface area (Å²) in [6.45, 7) is 2.12. The van der Waals surface area contributed by atoms with Gasteiger partial charge in [-0.1, -0.05) is 19.4 Å². The van der Waals surface area contributed by atoms with Crippen LogP contribution in [0.5, 0.6) is 0 Å². The Bertz CT molecular complexity index is 474. The number of rotatable bonds is 6. The van der Waals surface area contributed by atoms with E-state index in [0.29, 0.717) is 12.0 Å². The number of hydrogen-bond acceptors (Lipinski definition) is 3. The lowest BCUT2D eigenvalue weighted by Gasteiger charge is -2.09. The van der Waals surface area contributed by atoms with Gasteiger partial charge in [-0.05, 0) is 24.1 Å². The van der Waals surface area contributed by atoms with Gasteiger partial charge < -0.3 is 5.73 Å². The van der Waals surface area contributed by atoms with Crippen molar-refractivity contribution in [3.63, 3.8) is 0 Å². The van der Waals surface area contributed by atoms with Crippen molar-refractivity contribution < 1.29 is 12.8 Å². The molecule has 6 heteroatoms. The Kier molecular flexibility index (Phi) is 4.89. The maximum Gasteiger partial charge on any atom is 0.232 e. The van der Waals surface area contributed by atoms with Crippen molar-refractivity contribution in [1.82, 2.24) is 0 Å². The summed E-state index contributed by atoms with van der Waals surface area (Å²) in [7, 11) is -3.46. The van der Waals surface area contributed by atoms with Crippen molar-refractivity contribution >= 4 is 15.7 Å². The maximum absolute atomic E-state index is 13.5. The molecule has 1 aromatic rings. The molecule has 0 saturated carbocycles. The van der Waals surface area contributed by atoms with Gasteiger partial charge in [-0.15, -0.1) is 0 Å². The van der Waals surface area contributed by atoms with Crippen molar-refractivity contribution in [2.45, 2.75) is 26.3 Å². The van der Waals surface area contributed by atoms with Crippen LogP contribution in [0.1, 0.15) is 25.3 Å². The summed E-state index contributed by atoms with van der Waals surface area (Å²) in [5.41, 5.74) is 5.95. The van der Waals surface area contributed by atoms with Gasteiger partial charge in [-0.25, -0.2) is 12.8 Å². The second-order valence-corrected chi connectivity index (χ2v) is 5.63. The Hall–Kier alpha value is -1.14. The van der Waals surface area contributed by atoms with Gasteiger partial charge >= 0.3 is 0 Å². The highest BCUT2D eigenvalue weighted by molar-refractivity contribution is 7.92. The first-order chi connectivity index (χ1) is 7.98. The third kappa shape index (κ3) is 4.32. The number of nitrogens with two attached hydrogens (primary N) is 1. The third-order valence-corrected chi connectivity index (χ3v) is 3.66. The molecule has 0 bridgehead atoms. The van der Waals surface area contributed by atoms with E-state index in [0.717, 1.165) is 6.42 Å². The lowest BCUT2D eigenvalue weighted by atomic mass is 10.2. The van der Waals surface area contributed by atoms with Crippen LogP contribution in [0.4, 0.5) is 10.1 Å². The highest BCUT2D eigenvalue weighted by Crippen LogP contribution is 2.17. The lowest BCUT2D eigenvalue weighted by molar-refractivity contribution is 0.595. The second kappa shape index (κ2) is 5.97. The number of hydrogen-bond donors (Lipinski definition) is 2. The molecule has 17 heavy (non-hydrogen) atoms. The van der Waals surface area contributed by atoms with Crippen LogP contribution in [0.3, 0.4) is 0 Å². The number of halogens is 1. The summed E-state index contributed by atoms with van der Waals surface area (Å²) in [5, 5.41) is 0. The molecule has 0 fully saturated rings. The fourth-order valence-electron chi connectivity index (χ4n) is 1.32. The Morgan fingerprint density at radius 1 is 1.41 bits per heavy atom. The quantitative estimate of drug-likeness (QED) is 0.819. The van der Waals surface area contributed by atoms with E-state index in [2.05, 4.69) is 4.72 Å². The van der Waals surface area contributed by atoms with Crippen LogP contribution in [0.25, 0.3) is 0 Å². The molecule has 4 nitrogen and oxygen atoms in total. The smallest absolute Gasteiger partial charge is 0.232 e. The zero-order chi connectivity index (χ0) is 12.9. The first kappa shape index (κ1) is 13.9. The van der Waals surface area contributed by atoms with E-state index in [9.17, 15) is 12.8 Å². The molecule has 0 heterocycles. The lowest BCUT2D eigenvalue weighted by Crippen LogP contribution is -2.17. The van der Waals surface area contributed by atoms with Crippen LogP contribution in [-0.2, 0) is 16.6 Å². The molecule has 0 amide bonds. The van der Waals surface area contributed by atoms with Gasteiger partial charge in [0.25, 0.3) is 0 Å². The molecule has 0 radical (unpaired) electrons. The molecular weight excluding hydrogens is 243 g/mol. The third-order valence-electron chi connectivity index (χ3n) is 2.30. The normalized spacial score (nSPS) is 11.5. The monoisotopic (exact) mass is 260 g/mol. The zero-order valence-corrected chi connectivity index (χ0v) is 10.6. The molecule has 1 rings (SSSR count). The predicted octanol–water partition coefficient (Wildman–Crippen LogP) is 1.83. The Labute approximate surface area is 101 Å². The number of sulfonamides is 1. The van der Waals surface area contributed by atoms with E-state index in [1.165, 1.54) is 12.1 Å². The van der Waals surface area contributed by atoms with Crippen molar-refractivity contribution in [3.05, 3.63) is 29.6 Å². The van der Waals surface area contributed by atoms with Crippen molar-refractivity contribution in [2.24, 2.45) is 5.73 Å². The number of unbranched alkanes of at least 4 members (excludes halogenated alkanes) is 1. The summed E-state index contributed by atoms with van der Waals surface area (Å²) in [4.78, 5) is 0. The van der Waals surface area contributed by atoms with Gasteiger partial charge in [0.15, 0.2) is 0 Å². The standard InChI is InChI=1S/C11H17FN2O2S/c1-2-3-6-17(15,16)14-11-5-4-9(8-13)7-10(11)12/h4-5,7,14H,2-3,6,8,13H2,1H3. The molecule has 0 unspecified atom stereocenters. The minimum Gasteiger partial charge on any atom is -0.326 e. The molecule has 0 aliphatic rings. The molecular formula is C11H17FN2O2S. The molecule has 0 atom stereocenters. The van der Waals surface area contributed by atoms with Crippen LogP contribution < -0.4 is 10.5 Å². The molecule has 3 N–H and O–H groups in total. The number of benzene rings is 1. The topological polar surface area (TPSA) is 72.2 Å². The number of nitrogens with one attached hydrogen (secondary N) is 1. The van der Waals surface area contributed by atoms with Gasteiger partial charge in [-0.3, -0.25) is 4.72 Å². The van der Waals surface area contributed by atoms with Crippen LogP contribution in [0, 0.1) is 5.82 Å². The van der Waals surface area contributed by atoms with Gasteiger partial charge in [-0.2, -0.15) is 0 Å². The van der Waals surface area contributed by atoms with Crippen molar-refractivity contribution in [1.29, 1.82) is 0 Å². The van der Waals surface area contributed by atoms with E-state index in [1.807, 2.05) is 6.92 Å². The summed E-state index contributed by atoms with van der Waals surface area (Å²) in [6.07, 6.45) is 1.33. The fraction of sp³-hybridized carbons (Fsp3) is 0.455. The van der Waals surface area contributed by atoms with E-state index < -0.39 is 15.8 Å². The largest absolute Gasteiger partial charge is 0.326 e. The Morgan fingerprint density at radius 2 is 2.12 bits per heavy atom. The molecule has 96 valence electrons. The van der Waals surface area contributed by atoms with Crippen molar-refractivity contribution in [2.75, 3.05) is 10.5 Å². The molecule has 0 aromatic heterocycles. The van der Waals surface area contributed by atoms with Crippen LogP contribution >= 0.6 is 0 Å². The van der Waals surface area contributed by atoms with E-state index in [4.69, 9.17) is 5.73 Å². The zero-order valence-electron chi connectivity index (χ0n) is 9.74. The highest BCUT2D eigenvalue weighted by Gasteiger charge is 2.12. The Morgan fingerprint density at radius 3 is 2.65 bits per heavy atom. The average molecular weight is 260 g/mol. The average Bonchev–Trinajstić information content (AvgIpc) is 2.29. The summed E-state index contributed by atoms with van der Waals surface area (Å²) >= 11 is 0. The SMILES string of the molecule is CCCCS(=O)(=O)Nc1ccc(CN)cc1F. The predicted molar refractivity (Wildman–Crippen MR) is 66.6 cm³/mol. The maximum atomic E-state index is 13.5. The minimum absolute atomic E-state index is 0.00157. The van der Waals surface area contributed by atoms with Gasteiger partial charge in [0.1, 0.15) is 5.82 Å².